The molecule has 1 aliphatic heterocycles. The van der Waals surface area contributed by atoms with Crippen LogP contribution in [0, 0.1) is 17.8 Å². The van der Waals surface area contributed by atoms with Crippen LogP contribution in [0.3, 0.4) is 0 Å². The second kappa shape index (κ2) is 3.60. The Labute approximate surface area is 108 Å². The SMILES string of the molecule is C=CC(=O)OC1C2CC3C1OC1(CCCC1)C3C2. The van der Waals surface area contributed by atoms with E-state index in [1.807, 2.05) is 0 Å². The predicted octanol–water partition coefficient (Wildman–Crippen LogP) is 2.45. The van der Waals surface area contributed by atoms with Gasteiger partial charge < -0.3 is 9.47 Å². The number of carbonyl (C=O) groups is 1. The van der Waals surface area contributed by atoms with Gasteiger partial charge in [0.25, 0.3) is 0 Å². The average Bonchev–Trinajstić information content (AvgIpc) is 3.07. The average molecular weight is 248 g/mol. The highest BCUT2D eigenvalue weighted by Crippen LogP contribution is 2.64. The Balaban J connectivity index is 1.59. The fourth-order valence-corrected chi connectivity index (χ4v) is 5.18. The third kappa shape index (κ3) is 1.26. The molecular weight excluding hydrogens is 228 g/mol. The van der Waals surface area contributed by atoms with Gasteiger partial charge in [-0.05, 0) is 43.4 Å². The largest absolute Gasteiger partial charge is 0.456 e. The van der Waals surface area contributed by atoms with Crippen LogP contribution in [0.2, 0.25) is 0 Å². The molecule has 0 aromatic rings. The third-order valence-corrected chi connectivity index (χ3v) is 5.77. The van der Waals surface area contributed by atoms with Crippen molar-refractivity contribution in [3.05, 3.63) is 12.7 Å². The lowest BCUT2D eigenvalue weighted by atomic mass is 9.77. The molecule has 3 nitrogen and oxygen atoms in total. The van der Waals surface area contributed by atoms with Crippen molar-refractivity contribution in [3.63, 3.8) is 0 Å². The molecule has 0 amide bonds. The summed E-state index contributed by atoms with van der Waals surface area (Å²) in [6.07, 6.45) is 8.90. The van der Waals surface area contributed by atoms with Crippen LogP contribution in [0.4, 0.5) is 0 Å². The molecule has 4 fully saturated rings. The first-order chi connectivity index (χ1) is 8.73. The number of carbonyl (C=O) groups excluding carboxylic acids is 1. The summed E-state index contributed by atoms with van der Waals surface area (Å²) in [4.78, 5) is 11.4. The number of fused-ring (bicyclic) bond motifs is 2. The van der Waals surface area contributed by atoms with Gasteiger partial charge in [-0.1, -0.05) is 19.4 Å². The van der Waals surface area contributed by atoms with Crippen LogP contribution in [-0.4, -0.2) is 23.8 Å². The van der Waals surface area contributed by atoms with Gasteiger partial charge in [0.15, 0.2) is 0 Å². The van der Waals surface area contributed by atoms with Gasteiger partial charge in [-0.3, -0.25) is 0 Å². The highest BCUT2D eigenvalue weighted by molar-refractivity contribution is 5.81. The van der Waals surface area contributed by atoms with Gasteiger partial charge in [0.1, 0.15) is 6.10 Å². The van der Waals surface area contributed by atoms with Crippen molar-refractivity contribution in [1.82, 2.24) is 0 Å². The standard InChI is InChI=1S/C15H20O3/c1-2-12(16)17-13-9-7-10-11(8-9)15(18-14(10)13)5-3-4-6-15/h2,9-11,13-14H,1,3-8H2. The summed E-state index contributed by atoms with van der Waals surface area (Å²) in [5.41, 5.74) is 0.152. The Morgan fingerprint density at radius 3 is 2.83 bits per heavy atom. The van der Waals surface area contributed by atoms with Crippen LogP contribution in [0.1, 0.15) is 38.5 Å². The van der Waals surface area contributed by atoms with Gasteiger partial charge in [0, 0.05) is 6.08 Å². The molecule has 1 heterocycles. The van der Waals surface area contributed by atoms with E-state index in [1.54, 1.807) is 0 Å². The van der Waals surface area contributed by atoms with Gasteiger partial charge in [-0.15, -0.1) is 0 Å². The number of rotatable bonds is 2. The topological polar surface area (TPSA) is 35.5 Å². The minimum atomic E-state index is -0.292. The van der Waals surface area contributed by atoms with Gasteiger partial charge >= 0.3 is 5.97 Å². The summed E-state index contributed by atoms with van der Waals surface area (Å²) in [6.45, 7) is 3.48. The maximum atomic E-state index is 11.4. The summed E-state index contributed by atoms with van der Waals surface area (Å²) in [5, 5.41) is 0. The fraction of sp³-hybridized carbons (Fsp3) is 0.800. The van der Waals surface area contributed by atoms with Crippen molar-refractivity contribution in [3.8, 4) is 0 Å². The molecule has 1 spiro atoms. The maximum Gasteiger partial charge on any atom is 0.330 e. The Bertz CT molecular complexity index is 397. The van der Waals surface area contributed by atoms with Gasteiger partial charge in [0.05, 0.1) is 11.7 Å². The minimum Gasteiger partial charge on any atom is -0.456 e. The fourth-order valence-electron chi connectivity index (χ4n) is 5.18. The van der Waals surface area contributed by atoms with Crippen molar-refractivity contribution in [2.45, 2.75) is 56.3 Å². The Morgan fingerprint density at radius 2 is 2.11 bits per heavy atom. The third-order valence-electron chi connectivity index (χ3n) is 5.77. The molecule has 0 aromatic carbocycles. The number of hydrogen-bond donors (Lipinski definition) is 0. The molecule has 0 N–H and O–H groups in total. The molecule has 4 rings (SSSR count). The van der Waals surface area contributed by atoms with Crippen molar-refractivity contribution in [2.24, 2.45) is 17.8 Å². The van der Waals surface area contributed by atoms with Crippen molar-refractivity contribution < 1.29 is 14.3 Å². The van der Waals surface area contributed by atoms with Crippen LogP contribution < -0.4 is 0 Å². The van der Waals surface area contributed by atoms with Gasteiger partial charge in [-0.25, -0.2) is 4.79 Å². The van der Waals surface area contributed by atoms with Crippen LogP contribution in [0.25, 0.3) is 0 Å². The summed E-state index contributed by atoms with van der Waals surface area (Å²) in [7, 11) is 0. The van der Waals surface area contributed by atoms with E-state index in [0.717, 1.165) is 5.92 Å². The quantitative estimate of drug-likeness (QED) is 0.556. The molecule has 98 valence electrons. The van der Waals surface area contributed by atoms with Crippen molar-refractivity contribution >= 4 is 5.97 Å². The lowest BCUT2D eigenvalue weighted by Crippen LogP contribution is -2.35. The summed E-state index contributed by atoms with van der Waals surface area (Å²) in [6, 6.07) is 0. The first-order valence-electron chi connectivity index (χ1n) is 7.24. The molecule has 5 unspecified atom stereocenters. The zero-order valence-corrected chi connectivity index (χ0v) is 10.6. The lowest BCUT2D eigenvalue weighted by molar-refractivity contribution is -0.155. The van der Waals surface area contributed by atoms with Gasteiger partial charge in [-0.2, -0.15) is 0 Å². The van der Waals surface area contributed by atoms with E-state index < -0.39 is 0 Å². The highest BCUT2D eigenvalue weighted by atomic mass is 16.6. The van der Waals surface area contributed by atoms with E-state index in [1.165, 1.54) is 44.6 Å². The Kier molecular flexibility index (Phi) is 2.20. The molecule has 3 heteroatoms. The molecule has 4 aliphatic rings. The van der Waals surface area contributed by atoms with Crippen LogP contribution in [-0.2, 0) is 14.3 Å². The second-order valence-corrected chi connectivity index (χ2v) is 6.46. The molecule has 2 bridgehead atoms. The van der Waals surface area contributed by atoms with E-state index in [4.69, 9.17) is 9.47 Å². The number of esters is 1. The summed E-state index contributed by atoms with van der Waals surface area (Å²) >= 11 is 0. The Hall–Kier alpha value is -0.830. The molecular formula is C15H20O3. The zero-order valence-electron chi connectivity index (χ0n) is 10.6. The van der Waals surface area contributed by atoms with Crippen LogP contribution in [0.15, 0.2) is 12.7 Å². The first kappa shape index (κ1) is 11.0. The number of hydrogen-bond acceptors (Lipinski definition) is 3. The molecule has 5 atom stereocenters. The minimum absolute atomic E-state index is 0.00303. The normalized spacial score (nSPS) is 46.8. The van der Waals surface area contributed by atoms with Crippen LogP contribution in [0.5, 0.6) is 0 Å². The molecule has 0 aromatic heterocycles. The second-order valence-electron chi connectivity index (χ2n) is 6.46. The number of ether oxygens (including phenoxy) is 2. The molecule has 3 aliphatic carbocycles. The Morgan fingerprint density at radius 1 is 1.33 bits per heavy atom. The molecule has 3 saturated carbocycles. The van der Waals surface area contributed by atoms with E-state index in [9.17, 15) is 4.79 Å². The monoisotopic (exact) mass is 248 g/mol. The van der Waals surface area contributed by atoms with E-state index in [2.05, 4.69) is 6.58 Å². The maximum absolute atomic E-state index is 11.4. The molecule has 18 heavy (non-hydrogen) atoms. The van der Waals surface area contributed by atoms with Crippen molar-refractivity contribution in [1.29, 1.82) is 0 Å². The first-order valence-corrected chi connectivity index (χ1v) is 7.24. The summed E-state index contributed by atoms with van der Waals surface area (Å²) in [5.74, 6) is 1.64. The smallest absolute Gasteiger partial charge is 0.330 e. The van der Waals surface area contributed by atoms with E-state index >= 15 is 0 Å². The van der Waals surface area contributed by atoms with Crippen LogP contribution >= 0.6 is 0 Å². The lowest BCUT2D eigenvalue weighted by Gasteiger charge is -2.29. The van der Waals surface area contributed by atoms with Crippen molar-refractivity contribution in [2.75, 3.05) is 0 Å². The van der Waals surface area contributed by atoms with E-state index in [0.29, 0.717) is 11.8 Å². The molecule has 0 radical (unpaired) electrons. The van der Waals surface area contributed by atoms with Gasteiger partial charge in [0.2, 0.25) is 0 Å². The predicted molar refractivity (Wildman–Crippen MR) is 65.9 cm³/mol. The van der Waals surface area contributed by atoms with E-state index in [-0.39, 0.29) is 23.8 Å². The summed E-state index contributed by atoms with van der Waals surface area (Å²) < 4.78 is 12.0. The molecule has 1 saturated heterocycles. The highest BCUT2D eigenvalue weighted by Gasteiger charge is 2.67. The zero-order chi connectivity index (χ0) is 12.3.